The molecule has 4 heterocycles. The summed E-state index contributed by atoms with van der Waals surface area (Å²) in [4.78, 5) is 90.7. The summed E-state index contributed by atoms with van der Waals surface area (Å²) in [5.41, 5.74) is 8.31. The summed E-state index contributed by atoms with van der Waals surface area (Å²) in [6.07, 6.45) is 9.71. The van der Waals surface area contributed by atoms with E-state index in [2.05, 4.69) is 45.5 Å². The van der Waals surface area contributed by atoms with Crippen LogP contribution in [0.1, 0.15) is 75.8 Å². The molecule has 0 radical (unpaired) electrons. The number of rotatable bonds is 19. The molecule has 0 spiro atoms. The second-order valence-electron chi connectivity index (χ2n) is 17.6. The minimum atomic E-state index is -1.04. The van der Waals surface area contributed by atoms with Gasteiger partial charge in [-0.05, 0) is 115 Å². The van der Waals surface area contributed by atoms with E-state index in [4.69, 9.17) is 5.73 Å². The van der Waals surface area contributed by atoms with Gasteiger partial charge in [-0.25, -0.2) is 0 Å². The summed E-state index contributed by atoms with van der Waals surface area (Å²) in [7, 11) is 3.24. The molecule has 6 amide bonds. The molecule has 2 aromatic rings. The SMILES string of the molecule is CN[C@@H](C)C(=O)N[C@@H](C/C=C\CC[C@H](NC(=O)[C@H](N)NC)C(=O)N1CC[C@H]2CCCN(CCc3ccccc3)C(=O)[C@H]21)C(=O)N1CC[C@H]2CCCN(CCc3ccccc3)C(=O)[C@H]21. The molecule has 15 heteroatoms. The van der Waals surface area contributed by atoms with Gasteiger partial charge >= 0.3 is 0 Å². The predicted octanol–water partition coefficient (Wildman–Crippen LogP) is 1.96. The van der Waals surface area contributed by atoms with E-state index in [0.717, 1.165) is 56.1 Å². The van der Waals surface area contributed by atoms with Crippen molar-refractivity contribution in [1.82, 2.24) is 40.9 Å². The number of amides is 6. The summed E-state index contributed by atoms with van der Waals surface area (Å²) in [6, 6.07) is 16.5. The molecule has 4 saturated heterocycles. The van der Waals surface area contributed by atoms with Gasteiger partial charge in [0.1, 0.15) is 30.3 Å². The zero-order chi connectivity index (χ0) is 44.9. The van der Waals surface area contributed by atoms with E-state index in [1.165, 1.54) is 0 Å². The third-order valence-electron chi connectivity index (χ3n) is 13.6. The van der Waals surface area contributed by atoms with E-state index >= 15 is 0 Å². The molecule has 342 valence electrons. The molecule has 6 N–H and O–H groups in total. The molecule has 2 aromatic carbocycles. The lowest BCUT2D eigenvalue weighted by atomic mass is 9.95. The molecule has 8 atom stereocenters. The first-order valence-electron chi connectivity index (χ1n) is 23.1. The highest BCUT2D eigenvalue weighted by atomic mass is 16.2. The Morgan fingerprint density at radius 2 is 1.16 bits per heavy atom. The number of fused-ring (bicyclic) bond motifs is 2. The van der Waals surface area contributed by atoms with E-state index in [1.807, 2.05) is 58.4 Å². The van der Waals surface area contributed by atoms with E-state index in [-0.39, 0.29) is 54.2 Å². The van der Waals surface area contributed by atoms with E-state index in [9.17, 15) is 28.8 Å². The van der Waals surface area contributed by atoms with E-state index < -0.39 is 42.3 Å². The molecule has 4 fully saturated rings. The van der Waals surface area contributed by atoms with Gasteiger partial charge in [0.2, 0.25) is 29.5 Å². The molecule has 0 saturated carbocycles. The third kappa shape index (κ3) is 12.1. The van der Waals surface area contributed by atoms with Crippen molar-refractivity contribution in [3.63, 3.8) is 0 Å². The number of likely N-dealkylation sites (tertiary alicyclic amines) is 4. The summed E-state index contributed by atoms with van der Waals surface area (Å²) < 4.78 is 0. The Bertz CT molecular complexity index is 1900. The van der Waals surface area contributed by atoms with Crippen molar-refractivity contribution in [2.75, 3.05) is 53.4 Å². The Morgan fingerprint density at radius 3 is 1.65 bits per heavy atom. The lowest BCUT2D eigenvalue weighted by molar-refractivity contribution is -0.146. The quantitative estimate of drug-likeness (QED) is 0.104. The van der Waals surface area contributed by atoms with Crippen molar-refractivity contribution >= 4 is 35.4 Å². The third-order valence-corrected chi connectivity index (χ3v) is 13.6. The number of nitrogens with one attached hydrogen (secondary N) is 4. The van der Waals surface area contributed by atoms with Crippen LogP contribution in [-0.2, 0) is 41.6 Å². The van der Waals surface area contributed by atoms with Crippen LogP contribution in [0, 0.1) is 11.8 Å². The highest BCUT2D eigenvalue weighted by molar-refractivity contribution is 5.95. The first-order valence-corrected chi connectivity index (χ1v) is 23.1. The summed E-state index contributed by atoms with van der Waals surface area (Å²) >= 11 is 0. The van der Waals surface area contributed by atoms with Crippen LogP contribution in [0.3, 0.4) is 0 Å². The molecule has 4 aliphatic heterocycles. The summed E-state index contributed by atoms with van der Waals surface area (Å²) in [5.74, 6) is -1.45. The average molecular weight is 868 g/mol. The normalized spacial score (nSPS) is 23.4. The van der Waals surface area contributed by atoms with Crippen LogP contribution in [-0.4, -0.2) is 145 Å². The van der Waals surface area contributed by atoms with Crippen LogP contribution >= 0.6 is 0 Å². The molecule has 0 aliphatic carbocycles. The predicted molar refractivity (Wildman–Crippen MR) is 242 cm³/mol. The highest BCUT2D eigenvalue weighted by Gasteiger charge is 2.47. The van der Waals surface area contributed by atoms with Crippen molar-refractivity contribution in [1.29, 1.82) is 0 Å². The maximum absolute atomic E-state index is 14.5. The lowest BCUT2D eigenvalue weighted by Gasteiger charge is -2.33. The van der Waals surface area contributed by atoms with Gasteiger partial charge in [0.05, 0.1) is 6.04 Å². The van der Waals surface area contributed by atoms with Gasteiger partial charge < -0.3 is 41.3 Å². The minimum absolute atomic E-state index is 0.0333. The van der Waals surface area contributed by atoms with Gasteiger partial charge in [0.25, 0.3) is 5.91 Å². The van der Waals surface area contributed by atoms with Gasteiger partial charge in [-0.3, -0.25) is 34.1 Å². The van der Waals surface area contributed by atoms with Crippen molar-refractivity contribution in [3.05, 3.63) is 83.9 Å². The fourth-order valence-electron chi connectivity index (χ4n) is 9.74. The second-order valence-corrected chi connectivity index (χ2v) is 17.6. The zero-order valence-corrected chi connectivity index (χ0v) is 37.4. The average Bonchev–Trinajstić information content (AvgIpc) is 3.85. The van der Waals surface area contributed by atoms with Crippen molar-refractivity contribution in [3.8, 4) is 0 Å². The monoisotopic (exact) mass is 868 g/mol. The summed E-state index contributed by atoms with van der Waals surface area (Å²) in [6.45, 7) is 5.01. The largest absolute Gasteiger partial charge is 0.343 e. The van der Waals surface area contributed by atoms with Crippen LogP contribution < -0.4 is 27.0 Å². The molecule has 0 aromatic heterocycles. The smallest absolute Gasteiger partial charge is 0.252 e. The van der Waals surface area contributed by atoms with Gasteiger partial charge in [-0.15, -0.1) is 0 Å². The number of allylic oxidation sites excluding steroid dienone is 1. The first kappa shape index (κ1) is 47.4. The van der Waals surface area contributed by atoms with Crippen LogP contribution in [0.4, 0.5) is 0 Å². The number of nitrogens with two attached hydrogens (primary N) is 1. The Labute approximate surface area is 372 Å². The van der Waals surface area contributed by atoms with Crippen molar-refractivity contribution in [2.24, 2.45) is 17.6 Å². The Kier molecular flexibility index (Phi) is 17.3. The molecular weight excluding hydrogens is 799 g/mol. The van der Waals surface area contributed by atoms with Gasteiger partial charge in [-0.1, -0.05) is 72.8 Å². The van der Waals surface area contributed by atoms with E-state index in [0.29, 0.717) is 52.1 Å². The Hall–Kier alpha value is -5.12. The minimum Gasteiger partial charge on any atom is -0.343 e. The summed E-state index contributed by atoms with van der Waals surface area (Å²) in [5, 5.41) is 11.5. The molecule has 63 heavy (non-hydrogen) atoms. The number of carbonyl (C=O) groups excluding carboxylic acids is 6. The molecule has 0 bridgehead atoms. The van der Waals surface area contributed by atoms with Crippen LogP contribution in [0.15, 0.2) is 72.8 Å². The van der Waals surface area contributed by atoms with Crippen LogP contribution in [0.2, 0.25) is 0 Å². The van der Waals surface area contributed by atoms with Crippen molar-refractivity contribution in [2.45, 2.75) is 114 Å². The molecule has 0 unspecified atom stereocenters. The maximum Gasteiger partial charge on any atom is 0.252 e. The van der Waals surface area contributed by atoms with E-state index in [1.54, 1.807) is 30.8 Å². The number of likely N-dealkylation sites (N-methyl/N-ethyl adjacent to an activating group) is 2. The van der Waals surface area contributed by atoms with Gasteiger partial charge in [0.15, 0.2) is 0 Å². The molecule has 6 rings (SSSR count). The molecule has 15 nitrogen and oxygen atoms in total. The Balaban J connectivity index is 1.13. The number of hydrogen-bond donors (Lipinski definition) is 5. The second kappa shape index (κ2) is 23.0. The number of carbonyl (C=O) groups is 6. The fraction of sp³-hybridized carbons (Fsp3) is 0.583. The standard InChI is InChI=1S/C48H69N9O6/c1-33(50-2)43(58)52-38(45(60)56-31-25-36-19-13-27-54(47(62)40(36)56)29-23-34-15-7-4-8-16-34)21-11-6-12-22-39(53-44(59)42(49)51-3)46(61)57-32-26-37-20-14-28-55(48(63)41(37)57)30-24-35-17-9-5-10-18-35/h4-11,15-18,33,36-42,50-51H,12-14,19-32,49H2,1-3H3,(H,52,58)(H,53,59)/b11-6-/t33-,36+,37+,38-,39-,40-,41-,42+/m0/s1. The first-order chi connectivity index (χ1) is 30.5. The fourth-order valence-corrected chi connectivity index (χ4v) is 9.74. The van der Waals surface area contributed by atoms with Crippen molar-refractivity contribution < 1.29 is 28.8 Å². The Morgan fingerprint density at radius 1 is 0.667 bits per heavy atom. The maximum atomic E-state index is 14.5. The highest BCUT2D eigenvalue weighted by Crippen LogP contribution is 2.35. The van der Waals surface area contributed by atoms with Crippen LogP contribution in [0.25, 0.3) is 0 Å². The zero-order valence-electron chi connectivity index (χ0n) is 37.4. The molecule has 4 aliphatic rings. The molecular formula is C48H69N9O6. The van der Waals surface area contributed by atoms with Crippen LogP contribution in [0.5, 0.6) is 0 Å². The van der Waals surface area contributed by atoms with Gasteiger partial charge in [-0.2, -0.15) is 0 Å². The number of hydrogen-bond acceptors (Lipinski definition) is 9. The number of benzene rings is 2. The number of nitrogens with zero attached hydrogens (tertiary/aromatic N) is 4. The lowest BCUT2D eigenvalue weighted by Crippen LogP contribution is -2.58. The topological polar surface area (TPSA) is 190 Å². The van der Waals surface area contributed by atoms with Gasteiger partial charge in [0, 0.05) is 39.3 Å².